The Balaban J connectivity index is 2.48. The minimum Gasteiger partial charge on any atom is -0.425 e. The Labute approximate surface area is 103 Å². The van der Waals surface area contributed by atoms with Crippen molar-refractivity contribution in [3.05, 3.63) is 0 Å². The molecule has 0 aliphatic heterocycles. The Morgan fingerprint density at radius 2 is 1.88 bits per heavy atom. The molecule has 0 bridgehead atoms. The molecule has 4 nitrogen and oxygen atoms in total. The second kappa shape index (κ2) is 6.62. The number of esters is 2. The molecule has 4 heteroatoms. The highest BCUT2D eigenvalue weighted by molar-refractivity contribution is 5.72. The summed E-state index contributed by atoms with van der Waals surface area (Å²) >= 11 is 0. The highest BCUT2D eigenvalue weighted by Crippen LogP contribution is 2.32. The van der Waals surface area contributed by atoms with E-state index in [2.05, 4.69) is 0 Å². The van der Waals surface area contributed by atoms with Crippen LogP contribution in [0.5, 0.6) is 0 Å². The van der Waals surface area contributed by atoms with E-state index >= 15 is 0 Å². The standard InChI is InChI=1S/C13H22O4/c1-4-6-11(14)16-13(10-7-5-8-10)17-12(15)9(2)3/h9-10,13H,4-8H2,1-3H3. The molecular weight excluding hydrogens is 220 g/mol. The van der Waals surface area contributed by atoms with Crippen LogP contribution in [0.3, 0.4) is 0 Å². The molecule has 1 unspecified atom stereocenters. The zero-order valence-corrected chi connectivity index (χ0v) is 10.9. The van der Waals surface area contributed by atoms with Crippen molar-refractivity contribution >= 4 is 11.9 Å². The van der Waals surface area contributed by atoms with Gasteiger partial charge in [-0.2, -0.15) is 0 Å². The molecule has 1 fully saturated rings. The van der Waals surface area contributed by atoms with Gasteiger partial charge >= 0.3 is 11.9 Å². The average Bonchev–Trinajstić information content (AvgIpc) is 2.14. The molecular formula is C13H22O4. The summed E-state index contributed by atoms with van der Waals surface area (Å²) in [4.78, 5) is 23.0. The van der Waals surface area contributed by atoms with Crippen molar-refractivity contribution in [3.63, 3.8) is 0 Å². The lowest BCUT2D eigenvalue weighted by Crippen LogP contribution is -2.36. The number of ether oxygens (including phenoxy) is 2. The lowest BCUT2D eigenvalue weighted by Gasteiger charge is -2.32. The highest BCUT2D eigenvalue weighted by atomic mass is 16.7. The van der Waals surface area contributed by atoms with Gasteiger partial charge in [0.25, 0.3) is 0 Å². The fourth-order valence-corrected chi connectivity index (χ4v) is 1.57. The lowest BCUT2D eigenvalue weighted by atomic mass is 9.85. The number of carbonyl (C=O) groups excluding carboxylic acids is 2. The van der Waals surface area contributed by atoms with Gasteiger partial charge in [0.2, 0.25) is 6.29 Å². The van der Waals surface area contributed by atoms with Gasteiger partial charge in [-0.3, -0.25) is 9.59 Å². The van der Waals surface area contributed by atoms with E-state index in [1.54, 1.807) is 13.8 Å². The molecule has 1 rings (SSSR count). The van der Waals surface area contributed by atoms with Crippen LogP contribution in [-0.4, -0.2) is 18.2 Å². The third-order valence-corrected chi connectivity index (χ3v) is 2.94. The Morgan fingerprint density at radius 1 is 1.24 bits per heavy atom. The second-order valence-corrected chi connectivity index (χ2v) is 4.89. The maximum absolute atomic E-state index is 11.5. The molecule has 17 heavy (non-hydrogen) atoms. The Kier molecular flexibility index (Phi) is 5.45. The van der Waals surface area contributed by atoms with Crippen LogP contribution in [0.15, 0.2) is 0 Å². The van der Waals surface area contributed by atoms with Gasteiger partial charge in [-0.15, -0.1) is 0 Å². The fourth-order valence-electron chi connectivity index (χ4n) is 1.57. The number of hydrogen-bond donors (Lipinski definition) is 0. The first-order valence-electron chi connectivity index (χ1n) is 6.44. The molecule has 0 heterocycles. The Morgan fingerprint density at radius 3 is 2.29 bits per heavy atom. The molecule has 0 aromatic heterocycles. The summed E-state index contributed by atoms with van der Waals surface area (Å²) in [6.45, 7) is 5.46. The predicted octanol–water partition coefficient (Wildman–Crippen LogP) is 2.66. The summed E-state index contributed by atoms with van der Waals surface area (Å²) in [6, 6.07) is 0. The van der Waals surface area contributed by atoms with Gasteiger partial charge in [-0.1, -0.05) is 27.2 Å². The molecule has 1 saturated carbocycles. The van der Waals surface area contributed by atoms with Gasteiger partial charge in [-0.25, -0.2) is 0 Å². The van der Waals surface area contributed by atoms with Crippen LogP contribution in [0.1, 0.15) is 52.9 Å². The van der Waals surface area contributed by atoms with E-state index in [0.29, 0.717) is 6.42 Å². The van der Waals surface area contributed by atoms with Gasteiger partial charge in [-0.05, 0) is 19.3 Å². The van der Waals surface area contributed by atoms with Crippen LogP contribution in [0.25, 0.3) is 0 Å². The van der Waals surface area contributed by atoms with E-state index in [4.69, 9.17) is 9.47 Å². The molecule has 0 saturated heterocycles. The summed E-state index contributed by atoms with van der Waals surface area (Å²) in [5.74, 6) is -0.576. The van der Waals surface area contributed by atoms with Crippen LogP contribution < -0.4 is 0 Å². The topological polar surface area (TPSA) is 52.6 Å². The van der Waals surface area contributed by atoms with Crippen molar-refractivity contribution < 1.29 is 19.1 Å². The lowest BCUT2D eigenvalue weighted by molar-refractivity contribution is -0.205. The smallest absolute Gasteiger partial charge is 0.311 e. The van der Waals surface area contributed by atoms with Gasteiger partial charge < -0.3 is 9.47 Å². The molecule has 1 atom stereocenters. The van der Waals surface area contributed by atoms with E-state index in [1.807, 2.05) is 6.92 Å². The van der Waals surface area contributed by atoms with Crippen molar-refractivity contribution in [3.8, 4) is 0 Å². The van der Waals surface area contributed by atoms with Gasteiger partial charge in [0.05, 0.1) is 5.92 Å². The summed E-state index contributed by atoms with van der Waals surface area (Å²) < 4.78 is 10.5. The van der Waals surface area contributed by atoms with Crippen molar-refractivity contribution in [2.45, 2.75) is 59.2 Å². The minimum absolute atomic E-state index is 0.192. The third kappa shape index (κ3) is 4.36. The maximum atomic E-state index is 11.5. The van der Waals surface area contributed by atoms with Gasteiger partial charge in [0, 0.05) is 12.3 Å². The van der Waals surface area contributed by atoms with Crippen LogP contribution in [0.4, 0.5) is 0 Å². The summed E-state index contributed by atoms with van der Waals surface area (Å²) in [7, 11) is 0. The number of carbonyl (C=O) groups is 2. The van der Waals surface area contributed by atoms with E-state index in [0.717, 1.165) is 25.7 Å². The molecule has 0 amide bonds. The Hall–Kier alpha value is -1.06. The average molecular weight is 242 g/mol. The van der Waals surface area contributed by atoms with Crippen LogP contribution in [-0.2, 0) is 19.1 Å². The van der Waals surface area contributed by atoms with E-state index in [-0.39, 0.29) is 23.8 Å². The van der Waals surface area contributed by atoms with E-state index in [9.17, 15) is 9.59 Å². The molecule has 0 radical (unpaired) electrons. The van der Waals surface area contributed by atoms with E-state index < -0.39 is 6.29 Å². The predicted molar refractivity (Wildman–Crippen MR) is 63.1 cm³/mol. The maximum Gasteiger partial charge on any atom is 0.311 e. The number of rotatable bonds is 6. The van der Waals surface area contributed by atoms with Crippen molar-refractivity contribution in [1.82, 2.24) is 0 Å². The molecule has 1 aliphatic carbocycles. The molecule has 0 aromatic carbocycles. The van der Waals surface area contributed by atoms with Crippen LogP contribution in [0, 0.1) is 11.8 Å². The molecule has 98 valence electrons. The summed E-state index contributed by atoms with van der Waals surface area (Å²) in [6.07, 6.45) is 3.51. The van der Waals surface area contributed by atoms with E-state index in [1.165, 1.54) is 0 Å². The monoisotopic (exact) mass is 242 g/mol. The van der Waals surface area contributed by atoms with Crippen molar-refractivity contribution in [2.75, 3.05) is 0 Å². The largest absolute Gasteiger partial charge is 0.425 e. The van der Waals surface area contributed by atoms with Crippen LogP contribution in [0.2, 0.25) is 0 Å². The first-order valence-corrected chi connectivity index (χ1v) is 6.44. The quantitative estimate of drug-likeness (QED) is 0.530. The zero-order chi connectivity index (χ0) is 12.8. The molecule has 0 N–H and O–H groups in total. The first kappa shape index (κ1) is 14.0. The van der Waals surface area contributed by atoms with Gasteiger partial charge in [0.15, 0.2) is 0 Å². The number of hydrogen-bond acceptors (Lipinski definition) is 4. The normalized spacial score (nSPS) is 17.4. The first-order chi connectivity index (χ1) is 8.04. The van der Waals surface area contributed by atoms with Crippen LogP contribution >= 0.6 is 0 Å². The minimum atomic E-state index is -0.669. The SMILES string of the molecule is CCCC(=O)OC(OC(=O)C(C)C)C1CCC1. The van der Waals surface area contributed by atoms with Crippen molar-refractivity contribution in [1.29, 1.82) is 0 Å². The summed E-state index contributed by atoms with van der Waals surface area (Å²) in [5.41, 5.74) is 0. The zero-order valence-electron chi connectivity index (χ0n) is 10.9. The fraction of sp³-hybridized carbons (Fsp3) is 0.846. The third-order valence-electron chi connectivity index (χ3n) is 2.94. The van der Waals surface area contributed by atoms with Crippen molar-refractivity contribution in [2.24, 2.45) is 11.8 Å². The second-order valence-electron chi connectivity index (χ2n) is 4.89. The molecule has 1 aliphatic rings. The van der Waals surface area contributed by atoms with Gasteiger partial charge in [0.1, 0.15) is 0 Å². The molecule has 0 spiro atoms. The summed E-state index contributed by atoms with van der Waals surface area (Å²) in [5, 5.41) is 0. The highest BCUT2D eigenvalue weighted by Gasteiger charge is 2.33. The molecule has 0 aromatic rings. The Bertz CT molecular complexity index is 269.